The Bertz CT molecular complexity index is 636. The van der Waals surface area contributed by atoms with Crippen LogP contribution in [0, 0.1) is 6.92 Å². The van der Waals surface area contributed by atoms with Gasteiger partial charge in [0.05, 0.1) is 5.69 Å². The van der Waals surface area contributed by atoms with Gasteiger partial charge in [0.25, 0.3) is 5.91 Å². The second-order valence-electron chi connectivity index (χ2n) is 5.16. The van der Waals surface area contributed by atoms with Gasteiger partial charge in [-0.3, -0.25) is 4.79 Å². The number of hydrogen-bond acceptors (Lipinski definition) is 4. The molecule has 0 bridgehead atoms. The lowest BCUT2D eigenvalue weighted by Crippen LogP contribution is -2.39. The highest BCUT2D eigenvalue weighted by molar-refractivity contribution is 6.04. The zero-order chi connectivity index (χ0) is 14.1. The number of nitrogens with one attached hydrogen (secondary N) is 1. The third kappa shape index (κ3) is 2.32. The van der Waals surface area contributed by atoms with Crippen LogP contribution in [-0.4, -0.2) is 23.7 Å². The van der Waals surface area contributed by atoms with Crippen LogP contribution in [0.5, 0.6) is 0 Å². The molecule has 2 aromatic rings. The van der Waals surface area contributed by atoms with Crippen molar-refractivity contribution >= 4 is 11.6 Å². The van der Waals surface area contributed by atoms with Crippen LogP contribution >= 0.6 is 0 Å². The molecular formula is C15H17N3O2. The van der Waals surface area contributed by atoms with Crippen molar-refractivity contribution in [2.45, 2.75) is 26.4 Å². The van der Waals surface area contributed by atoms with Crippen LogP contribution in [-0.2, 0) is 6.54 Å². The minimum Gasteiger partial charge on any atom is -0.351 e. The summed E-state index contributed by atoms with van der Waals surface area (Å²) in [7, 11) is 0. The van der Waals surface area contributed by atoms with Gasteiger partial charge in [0.2, 0.25) is 5.76 Å². The molecule has 0 radical (unpaired) electrons. The molecule has 1 aromatic carbocycles. The number of aromatic nitrogens is 1. The predicted molar refractivity (Wildman–Crippen MR) is 75.7 cm³/mol. The number of hydrogen-bond donors (Lipinski definition) is 1. The number of nitrogens with zero attached hydrogens (tertiary/aromatic N) is 2. The number of amides is 1. The van der Waals surface area contributed by atoms with Crippen LogP contribution < -0.4 is 10.2 Å². The van der Waals surface area contributed by atoms with Crippen molar-refractivity contribution in [2.75, 3.05) is 11.4 Å². The highest BCUT2D eigenvalue weighted by atomic mass is 16.5. The number of anilines is 1. The van der Waals surface area contributed by atoms with Crippen LogP contribution in [0.3, 0.4) is 0 Å². The Morgan fingerprint density at radius 2 is 2.25 bits per heavy atom. The van der Waals surface area contributed by atoms with Crippen LogP contribution in [0.2, 0.25) is 0 Å². The normalized spacial score (nSPS) is 18.5. The molecule has 5 heteroatoms. The first-order chi connectivity index (χ1) is 9.65. The third-order valence-electron chi connectivity index (χ3n) is 3.46. The Morgan fingerprint density at radius 3 is 3.00 bits per heavy atom. The summed E-state index contributed by atoms with van der Waals surface area (Å²) in [5.74, 6) is 0.139. The molecule has 2 heterocycles. The summed E-state index contributed by atoms with van der Waals surface area (Å²) >= 11 is 0. The van der Waals surface area contributed by atoms with Crippen molar-refractivity contribution in [3.8, 4) is 0 Å². The maximum atomic E-state index is 12.6. The first-order valence-corrected chi connectivity index (χ1v) is 6.71. The summed E-state index contributed by atoms with van der Waals surface area (Å²) in [6, 6.07) is 9.82. The van der Waals surface area contributed by atoms with Crippen LogP contribution in [0.15, 0.2) is 34.9 Å². The van der Waals surface area contributed by atoms with E-state index in [1.54, 1.807) is 17.9 Å². The van der Waals surface area contributed by atoms with Crippen molar-refractivity contribution in [1.29, 1.82) is 0 Å². The second kappa shape index (κ2) is 5.09. The third-order valence-corrected chi connectivity index (χ3v) is 3.46. The van der Waals surface area contributed by atoms with Crippen LogP contribution in [0.1, 0.15) is 28.7 Å². The van der Waals surface area contributed by atoms with Gasteiger partial charge < -0.3 is 14.7 Å². The van der Waals surface area contributed by atoms with E-state index in [0.29, 0.717) is 12.2 Å². The summed E-state index contributed by atoms with van der Waals surface area (Å²) in [5, 5.41) is 7.19. The van der Waals surface area contributed by atoms with Gasteiger partial charge in [-0.2, -0.15) is 0 Å². The summed E-state index contributed by atoms with van der Waals surface area (Å²) in [6.45, 7) is 5.24. The fourth-order valence-electron chi connectivity index (χ4n) is 2.43. The average molecular weight is 271 g/mol. The molecule has 3 rings (SSSR count). The second-order valence-corrected chi connectivity index (χ2v) is 5.16. The van der Waals surface area contributed by atoms with E-state index in [9.17, 15) is 4.79 Å². The molecule has 1 unspecified atom stereocenters. The molecule has 1 atom stereocenters. The van der Waals surface area contributed by atoms with E-state index in [4.69, 9.17) is 4.52 Å². The molecule has 0 aliphatic carbocycles. The van der Waals surface area contributed by atoms with E-state index in [1.165, 1.54) is 0 Å². The number of rotatable bonds is 1. The quantitative estimate of drug-likeness (QED) is 0.863. The minimum absolute atomic E-state index is 0.145. The van der Waals surface area contributed by atoms with E-state index < -0.39 is 0 Å². The molecule has 0 saturated carbocycles. The molecule has 1 amide bonds. The van der Waals surface area contributed by atoms with E-state index in [1.807, 2.05) is 24.3 Å². The molecule has 0 spiro atoms. The van der Waals surface area contributed by atoms with Crippen molar-refractivity contribution < 1.29 is 9.32 Å². The van der Waals surface area contributed by atoms with Crippen molar-refractivity contribution in [3.63, 3.8) is 0 Å². The largest absolute Gasteiger partial charge is 0.351 e. The number of carbonyl (C=O) groups excluding carboxylic acids is 1. The molecule has 104 valence electrons. The van der Waals surface area contributed by atoms with Gasteiger partial charge in [0.1, 0.15) is 0 Å². The molecule has 5 nitrogen and oxygen atoms in total. The summed E-state index contributed by atoms with van der Waals surface area (Å²) in [6.07, 6.45) is 0. The highest BCUT2D eigenvalue weighted by Crippen LogP contribution is 2.25. The fourth-order valence-corrected chi connectivity index (χ4v) is 2.43. The fraction of sp³-hybridized carbons (Fsp3) is 0.333. The smallest absolute Gasteiger partial charge is 0.296 e. The highest BCUT2D eigenvalue weighted by Gasteiger charge is 2.27. The van der Waals surface area contributed by atoms with Crippen molar-refractivity contribution in [1.82, 2.24) is 10.5 Å². The van der Waals surface area contributed by atoms with Crippen LogP contribution in [0.4, 0.5) is 5.69 Å². The number of aryl methyl sites for hydroxylation is 1. The minimum atomic E-state index is -0.145. The van der Waals surface area contributed by atoms with Crippen molar-refractivity contribution in [3.05, 3.63) is 47.3 Å². The maximum Gasteiger partial charge on any atom is 0.296 e. The van der Waals surface area contributed by atoms with E-state index in [0.717, 1.165) is 17.8 Å². The molecule has 0 saturated heterocycles. The Balaban J connectivity index is 2.00. The SMILES string of the molecule is Cc1cc(C(=O)N2CC(C)NCc3ccccc32)on1. The van der Waals surface area contributed by atoms with E-state index in [-0.39, 0.29) is 17.7 Å². The number of benzene rings is 1. The molecule has 1 aliphatic rings. The zero-order valence-corrected chi connectivity index (χ0v) is 11.6. The van der Waals surface area contributed by atoms with E-state index >= 15 is 0 Å². The molecule has 1 N–H and O–H groups in total. The van der Waals surface area contributed by atoms with Gasteiger partial charge in [-0.15, -0.1) is 0 Å². The topological polar surface area (TPSA) is 58.4 Å². The van der Waals surface area contributed by atoms with E-state index in [2.05, 4.69) is 17.4 Å². The Hall–Kier alpha value is -2.14. The molecule has 20 heavy (non-hydrogen) atoms. The van der Waals surface area contributed by atoms with Gasteiger partial charge in [-0.25, -0.2) is 0 Å². The Kier molecular flexibility index (Phi) is 3.28. The predicted octanol–water partition coefficient (Wildman–Crippen LogP) is 2.12. The van der Waals surface area contributed by atoms with Crippen molar-refractivity contribution in [2.24, 2.45) is 0 Å². The molecular weight excluding hydrogens is 254 g/mol. The molecule has 1 aliphatic heterocycles. The van der Waals surface area contributed by atoms with Gasteiger partial charge in [-0.1, -0.05) is 23.4 Å². The Labute approximate surface area is 117 Å². The maximum absolute atomic E-state index is 12.6. The number of fused-ring (bicyclic) bond motifs is 1. The van der Waals surface area contributed by atoms with Gasteiger partial charge >= 0.3 is 0 Å². The lowest BCUT2D eigenvalue weighted by molar-refractivity contribution is 0.0949. The van der Waals surface area contributed by atoms with Gasteiger partial charge in [0.15, 0.2) is 0 Å². The lowest BCUT2D eigenvalue weighted by Gasteiger charge is -2.23. The molecule has 0 fully saturated rings. The first kappa shape index (κ1) is 12.9. The average Bonchev–Trinajstić information content (AvgIpc) is 2.81. The van der Waals surface area contributed by atoms with Crippen LogP contribution in [0.25, 0.3) is 0 Å². The van der Waals surface area contributed by atoms with Gasteiger partial charge in [0, 0.05) is 30.9 Å². The Morgan fingerprint density at radius 1 is 1.45 bits per heavy atom. The lowest BCUT2D eigenvalue weighted by atomic mass is 10.1. The van der Waals surface area contributed by atoms with Gasteiger partial charge in [-0.05, 0) is 25.5 Å². The standard InChI is InChI=1S/C15H17N3O2/c1-10-7-14(20-17-10)15(19)18-9-11(2)16-8-12-5-3-4-6-13(12)18/h3-7,11,16H,8-9H2,1-2H3. The summed E-state index contributed by atoms with van der Waals surface area (Å²) in [5.41, 5.74) is 2.76. The first-order valence-electron chi connectivity index (χ1n) is 6.71. The number of para-hydroxylation sites is 1. The monoisotopic (exact) mass is 271 g/mol. The number of carbonyl (C=O) groups is 1. The summed E-state index contributed by atoms with van der Waals surface area (Å²) in [4.78, 5) is 14.4. The summed E-state index contributed by atoms with van der Waals surface area (Å²) < 4.78 is 5.11. The molecule has 1 aromatic heterocycles. The zero-order valence-electron chi connectivity index (χ0n) is 11.6.